The third-order valence-corrected chi connectivity index (χ3v) is 2.36. The lowest BCUT2D eigenvalue weighted by Crippen LogP contribution is -2.21. The van der Waals surface area contributed by atoms with E-state index in [2.05, 4.69) is 21.4 Å². The SMILES string of the molecule is CC(Cn1ccnc1)Nc1cccnc1C#N. The van der Waals surface area contributed by atoms with Crippen molar-refractivity contribution in [1.29, 1.82) is 5.26 Å². The third kappa shape index (κ3) is 2.82. The standard InChI is InChI=1S/C12H13N5/c1-10(8-17-6-5-14-9-17)16-11-3-2-4-15-12(11)7-13/h2-6,9-10,16H,8H2,1H3. The van der Waals surface area contributed by atoms with Crippen LogP contribution in [0.1, 0.15) is 12.6 Å². The van der Waals surface area contributed by atoms with E-state index in [0.717, 1.165) is 12.2 Å². The van der Waals surface area contributed by atoms with Gasteiger partial charge in [0.2, 0.25) is 0 Å². The zero-order valence-electron chi connectivity index (χ0n) is 9.54. The van der Waals surface area contributed by atoms with E-state index in [9.17, 15) is 0 Å². The van der Waals surface area contributed by atoms with Crippen LogP contribution in [0.3, 0.4) is 0 Å². The first-order chi connectivity index (χ1) is 8.29. The van der Waals surface area contributed by atoms with E-state index < -0.39 is 0 Å². The van der Waals surface area contributed by atoms with Gasteiger partial charge in [0.25, 0.3) is 0 Å². The summed E-state index contributed by atoms with van der Waals surface area (Å²) in [5.41, 5.74) is 1.19. The van der Waals surface area contributed by atoms with Gasteiger partial charge in [0.05, 0.1) is 12.0 Å². The third-order valence-electron chi connectivity index (χ3n) is 2.36. The van der Waals surface area contributed by atoms with Crippen LogP contribution < -0.4 is 5.32 Å². The molecule has 0 fully saturated rings. The van der Waals surface area contributed by atoms with E-state index in [1.165, 1.54) is 0 Å². The molecule has 0 aromatic carbocycles. The molecule has 17 heavy (non-hydrogen) atoms. The summed E-state index contributed by atoms with van der Waals surface area (Å²) in [6, 6.07) is 5.93. The molecule has 5 heteroatoms. The largest absolute Gasteiger partial charge is 0.378 e. The van der Waals surface area contributed by atoms with E-state index in [1.54, 1.807) is 18.7 Å². The Balaban J connectivity index is 2.03. The summed E-state index contributed by atoms with van der Waals surface area (Å²) in [5, 5.41) is 12.2. The Hall–Kier alpha value is -2.35. The molecule has 1 atom stereocenters. The summed E-state index contributed by atoms with van der Waals surface area (Å²) >= 11 is 0. The number of nitriles is 1. The molecule has 2 rings (SSSR count). The Morgan fingerprint density at radius 1 is 1.53 bits per heavy atom. The van der Waals surface area contributed by atoms with Crippen molar-refractivity contribution in [1.82, 2.24) is 14.5 Å². The summed E-state index contributed by atoms with van der Waals surface area (Å²) in [4.78, 5) is 7.99. The molecule has 1 N–H and O–H groups in total. The van der Waals surface area contributed by atoms with Gasteiger partial charge in [-0.2, -0.15) is 5.26 Å². The molecule has 0 saturated carbocycles. The number of pyridine rings is 1. The van der Waals surface area contributed by atoms with Crippen LogP contribution in [0.15, 0.2) is 37.1 Å². The van der Waals surface area contributed by atoms with Crippen molar-refractivity contribution in [3.63, 3.8) is 0 Å². The molecule has 0 amide bonds. The maximum absolute atomic E-state index is 8.92. The zero-order valence-corrected chi connectivity index (χ0v) is 9.54. The van der Waals surface area contributed by atoms with Crippen molar-refractivity contribution >= 4 is 5.69 Å². The van der Waals surface area contributed by atoms with Crippen LogP contribution in [-0.4, -0.2) is 20.6 Å². The van der Waals surface area contributed by atoms with Crippen molar-refractivity contribution in [3.8, 4) is 6.07 Å². The quantitative estimate of drug-likeness (QED) is 0.862. The lowest BCUT2D eigenvalue weighted by atomic mass is 10.2. The van der Waals surface area contributed by atoms with Gasteiger partial charge in [-0.3, -0.25) is 0 Å². The lowest BCUT2D eigenvalue weighted by molar-refractivity contribution is 0.618. The van der Waals surface area contributed by atoms with Crippen LogP contribution in [0.25, 0.3) is 0 Å². The molecule has 5 nitrogen and oxygen atoms in total. The number of hydrogen-bond donors (Lipinski definition) is 1. The van der Waals surface area contributed by atoms with Crippen LogP contribution in [0.5, 0.6) is 0 Å². The molecule has 0 aliphatic rings. The molecule has 0 spiro atoms. The van der Waals surface area contributed by atoms with Crippen molar-refractivity contribution in [3.05, 3.63) is 42.7 Å². The number of imidazole rings is 1. The highest BCUT2D eigenvalue weighted by Gasteiger charge is 2.06. The maximum Gasteiger partial charge on any atom is 0.163 e. The van der Waals surface area contributed by atoms with Gasteiger partial charge in [-0.25, -0.2) is 9.97 Å². The highest BCUT2D eigenvalue weighted by atomic mass is 15.1. The monoisotopic (exact) mass is 227 g/mol. The first-order valence-electron chi connectivity index (χ1n) is 5.37. The van der Waals surface area contributed by atoms with E-state index >= 15 is 0 Å². The van der Waals surface area contributed by atoms with Crippen molar-refractivity contribution < 1.29 is 0 Å². The predicted molar refractivity (Wildman–Crippen MR) is 64.3 cm³/mol. The first kappa shape index (κ1) is 11.1. The number of nitrogens with zero attached hydrogens (tertiary/aromatic N) is 4. The second-order valence-electron chi connectivity index (χ2n) is 3.82. The zero-order chi connectivity index (χ0) is 12.1. The van der Waals surface area contributed by atoms with Crippen LogP contribution in [0, 0.1) is 11.3 Å². The predicted octanol–water partition coefficient (Wildman–Crippen LogP) is 1.65. The minimum Gasteiger partial charge on any atom is -0.378 e. The van der Waals surface area contributed by atoms with Crippen LogP contribution in [0.4, 0.5) is 5.69 Å². The number of anilines is 1. The second kappa shape index (κ2) is 5.12. The Labute approximate surface area is 99.7 Å². The van der Waals surface area contributed by atoms with Gasteiger partial charge < -0.3 is 9.88 Å². The Kier molecular flexibility index (Phi) is 3.36. The molecule has 0 saturated heterocycles. The summed E-state index contributed by atoms with van der Waals surface area (Å²) in [6.07, 6.45) is 7.04. The topological polar surface area (TPSA) is 66.5 Å². The maximum atomic E-state index is 8.92. The summed E-state index contributed by atoms with van der Waals surface area (Å²) in [7, 11) is 0. The fraction of sp³-hybridized carbons (Fsp3) is 0.250. The van der Waals surface area contributed by atoms with Gasteiger partial charge in [-0.1, -0.05) is 0 Å². The minimum absolute atomic E-state index is 0.195. The molecule has 2 heterocycles. The minimum atomic E-state index is 0.195. The van der Waals surface area contributed by atoms with E-state index in [1.807, 2.05) is 29.8 Å². The highest BCUT2D eigenvalue weighted by molar-refractivity contribution is 5.53. The molecule has 2 aromatic heterocycles. The van der Waals surface area contributed by atoms with Gasteiger partial charge in [0.15, 0.2) is 5.69 Å². The first-order valence-corrected chi connectivity index (χ1v) is 5.37. The number of nitrogens with one attached hydrogen (secondary N) is 1. The lowest BCUT2D eigenvalue weighted by Gasteiger charge is -2.16. The molecule has 1 unspecified atom stereocenters. The summed E-state index contributed by atoms with van der Waals surface area (Å²) in [5.74, 6) is 0. The fourth-order valence-electron chi connectivity index (χ4n) is 1.63. The molecular formula is C12H13N5. The molecule has 2 aromatic rings. The van der Waals surface area contributed by atoms with Crippen LogP contribution >= 0.6 is 0 Å². The summed E-state index contributed by atoms with van der Waals surface area (Å²) < 4.78 is 1.99. The Bertz CT molecular complexity index is 512. The number of hydrogen-bond acceptors (Lipinski definition) is 4. The molecule has 86 valence electrons. The Morgan fingerprint density at radius 3 is 3.12 bits per heavy atom. The van der Waals surface area contributed by atoms with Crippen LogP contribution in [-0.2, 0) is 6.54 Å². The fourth-order valence-corrected chi connectivity index (χ4v) is 1.63. The van der Waals surface area contributed by atoms with E-state index in [4.69, 9.17) is 5.26 Å². The average Bonchev–Trinajstić information content (AvgIpc) is 2.82. The van der Waals surface area contributed by atoms with Gasteiger partial charge in [0, 0.05) is 31.2 Å². The Morgan fingerprint density at radius 2 is 2.41 bits per heavy atom. The second-order valence-corrected chi connectivity index (χ2v) is 3.82. The molecule has 0 bridgehead atoms. The van der Waals surface area contributed by atoms with Gasteiger partial charge in [-0.05, 0) is 19.1 Å². The molecule has 0 aliphatic heterocycles. The average molecular weight is 227 g/mol. The smallest absolute Gasteiger partial charge is 0.163 e. The summed E-state index contributed by atoms with van der Waals surface area (Å²) in [6.45, 7) is 2.84. The number of rotatable bonds is 4. The van der Waals surface area contributed by atoms with Crippen molar-refractivity contribution in [2.24, 2.45) is 0 Å². The molecular weight excluding hydrogens is 214 g/mol. The van der Waals surface area contributed by atoms with Gasteiger partial charge in [-0.15, -0.1) is 0 Å². The van der Waals surface area contributed by atoms with Gasteiger partial charge in [0.1, 0.15) is 6.07 Å². The highest BCUT2D eigenvalue weighted by Crippen LogP contribution is 2.12. The van der Waals surface area contributed by atoms with Crippen LogP contribution in [0.2, 0.25) is 0 Å². The number of aromatic nitrogens is 3. The van der Waals surface area contributed by atoms with Crippen molar-refractivity contribution in [2.45, 2.75) is 19.5 Å². The van der Waals surface area contributed by atoms with Crippen molar-refractivity contribution in [2.75, 3.05) is 5.32 Å². The van der Waals surface area contributed by atoms with E-state index in [0.29, 0.717) is 5.69 Å². The molecule has 0 radical (unpaired) electrons. The molecule has 0 aliphatic carbocycles. The van der Waals surface area contributed by atoms with Gasteiger partial charge >= 0.3 is 0 Å². The normalized spacial score (nSPS) is 11.8. The van der Waals surface area contributed by atoms with E-state index in [-0.39, 0.29) is 6.04 Å².